The van der Waals surface area contributed by atoms with E-state index < -0.39 is 0 Å². The Labute approximate surface area is 86.8 Å². The molecule has 0 aliphatic rings. The number of hydrogen-bond donors (Lipinski definition) is 1. The molecule has 0 unspecified atom stereocenters. The molecule has 0 radical (unpaired) electrons. The van der Waals surface area contributed by atoms with Crippen LogP contribution in [-0.4, -0.2) is 9.97 Å². The zero-order valence-electron chi connectivity index (χ0n) is 6.22. The summed E-state index contributed by atoms with van der Waals surface area (Å²) in [6, 6.07) is 0. The molecular formula is C7H5BrN2S2. The van der Waals surface area contributed by atoms with E-state index in [9.17, 15) is 0 Å². The van der Waals surface area contributed by atoms with Crippen molar-refractivity contribution >= 4 is 49.7 Å². The van der Waals surface area contributed by atoms with E-state index in [1.54, 1.807) is 17.7 Å². The SMILES string of the molecule is Cc1c(Br)sc2nc[nH]c(=S)c12. The molecule has 2 aromatic heterocycles. The fraction of sp³-hybridized carbons (Fsp3) is 0.143. The Hall–Kier alpha value is -0.260. The van der Waals surface area contributed by atoms with Crippen molar-refractivity contribution in [3.05, 3.63) is 20.3 Å². The van der Waals surface area contributed by atoms with Gasteiger partial charge in [0.05, 0.1) is 15.5 Å². The molecule has 0 atom stereocenters. The quantitative estimate of drug-likeness (QED) is 0.736. The first-order chi connectivity index (χ1) is 5.70. The smallest absolute Gasteiger partial charge is 0.129 e. The van der Waals surface area contributed by atoms with Gasteiger partial charge >= 0.3 is 0 Å². The van der Waals surface area contributed by atoms with Gasteiger partial charge in [0.1, 0.15) is 9.47 Å². The number of aromatic amines is 1. The molecule has 0 aliphatic heterocycles. The minimum Gasteiger partial charge on any atom is -0.337 e. The van der Waals surface area contributed by atoms with Crippen LogP contribution >= 0.6 is 39.5 Å². The van der Waals surface area contributed by atoms with Crippen molar-refractivity contribution in [2.75, 3.05) is 0 Å². The van der Waals surface area contributed by atoms with Crippen molar-refractivity contribution in [1.82, 2.24) is 9.97 Å². The fourth-order valence-corrected chi connectivity index (χ4v) is 2.96. The van der Waals surface area contributed by atoms with E-state index in [4.69, 9.17) is 12.2 Å². The number of hydrogen-bond acceptors (Lipinski definition) is 3. The molecule has 2 heterocycles. The van der Waals surface area contributed by atoms with Crippen molar-refractivity contribution in [2.24, 2.45) is 0 Å². The molecule has 1 N–H and O–H groups in total. The monoisotopic (exact) mass is 260 g/mol. The maximum Gasteiger partial charge on any atom is 0.129 e. The van der Waals surface area contributed by atoms with E-state index in [0.717, 1.165) is 18.6 Å². The number of aryl methyl sites for hydroxylation is 1. The third-order valence-electron chi connectivity index (χ3n) is 1.67. The molecule has 62 valence electrons. The summed E-state index contributed by atoms with van der Waals surface area (Å²) in [6.45, 7) is 2.04. The molecule has 0 bridgehead atoms. The molecule has 0 aromatic carbocycles. The molecule has 0 aliphatic carbocycles. The number of H-pyrrole nitrogens is 1. The van der Waals surface area contributed by atoms with Crippen LogP contribution in [0.3, 0.4) is 0 Å². The molecule has 0 amide bonds. The zero-order valence-corrected chi connectivity index (χ0v) is 9.44. The maximum atomic E-state index is 5.14. The number of nitrogens with one attached hydrogen (secondary N) is 1. The molecule has 12 heavy (non-hydrogen) atoms. The highest BCUT2D eigenvalue weighted by molar-refractivity contribution is 9.11. The van der Waals surface area contributed by atoms with Crippen molar-refractivity contribution in [1.29, 1.82) is 0 Å². The molecule has 2 aromatic rings. The fourth-order valence-electron chi connectivity index (χ4n) is 1.05. The van der Waals surface area contributed by atoms with Gasteiger partial charge in [0.25, 0.3) is 0 Å². The molecular weight excluding hydrogens is 256 g/mol. The van der Waals surface area contributed by atoms with Gasteiger partial charge in [0.15, 0.2) is 0 Å². The van der Waals surface area contributed by atoms with Gasteiger partial charge in [-0.25, -0.2) is 4.98 Å². The maximum absolute atomic E-state index is 5.14. The summed E-state index contributed by atoms with van der Waals surface area (Å²) >= 11 is 10.2. The van der Waals surface area contributed by atoms with Crippen LogP contribution in [0.1, 0.15) is 5.56 Å². The van der Waals surface area contributed by atoms with Crippen LogP contribution in [-0.2, 0) is 0 Å². The van der Waals surface area contributed by atoms with Gasteiger partial charge in [-0.2, -0.15) is 0 Å². The summed E-state index contributed by atoms with van der Waals surface area (Å²) in [5.41, 5.74) is 1.17. The predicted molar refractivity (Wildman–Crippen MR) is 57.2 cm³/mol. The van der Waals surface area contributed by atoms with Crippen molar-refractivity contribution in [2.45, 2.75) is 6.92 Å². The topological polar surface area (TPSA) is 28.7 Å². The van der Waals surface area contributed by atoms with Crippen LogP contribution < -0.4 is 0 Å². The summed E-state index contributed by atoms with van der Waals surface area (Å²) in [6.07, 6.45) is 1.63. The molecule has 5 heteroatoms. The minimum atomic E-state index is 0.763. The largest absolute Gasteiger partial charge is 0.337 e. The highest BCUT2D eigenvalue weighted by Gasteiger charge is 2.07. The molecule has 0 saturated carbocycles. The third kappa shape index (κ3) is 1.12. The Morgan fingerprint density at radius 1 is 1.67 bits per heavy atom. The Morgan fingerprint density at radius 2 is 2.42 bits per heavy atom. The Kier molecular flexibility index (Phi) is 2.02. The van der Waals surface area contributed by atoms with Crippen molar-refractivity contribution in [3.8, 4) is 0 Å². The lowest BCUT2D eigenvalue weighted by atomic mass is 10.3. The highest BCUT2D eigenvalue weighted by Crippen LogP contribution is 2.33. The van der Waals surface area contributed by atoms with Gasteiger partial charge in [0, 0.05) is 0 Å². The predicted octanol–water partition coefficient (Wildman–Crippen LogP) is 3.42. The normalized spacial score (nSPS) is 10.8. The molecule has 0 fully saturated rings. The van der Waals surface area contributed by atoms with Gasteiger partial charge in [0.2, 0.25) is 0 Å². The van der Waals surface area contributed by atoms with Gasteiger partial charge < -0.3 is 4.98 Å². The summed E-state index contributed by atoms with van der Waals surface area (Å²) in [5.74, 6) is 0. The van der Waals surface area contributed by atoms with Crippen LogP contribution in [0.25, 0.3) is 10.2 Å². The zero-order chi connectivity index (χ0) is 8.72. The second-order valence-corrected chi connectivity index (χ2v) is 5.14. The van der Waals surface area contributed by atoms with Crippen LogP contribution in [0.15, 0.2) is 10.1 Å². The van der Waals surface area contributed by atoms with Crippen LogP contribution in [0.4, 0.5) is 0 Å². The summed E-state index contributed by atoms with van der Waals surface area (Å²) < 4.78 is 1.87. The number of thiophene rings is 1. The first kappa shape index (κ1) is 8.34. The number of aromatic nitrogens is 2. The lowest BCUT2D eigenvalue weighted by Gasteiger charge is -1.89. The minimum absolute atomic E-state index is 0.763. The molecule has 0 spiro atoms. The first-order valence-electron chi connectivity index (χ1n) is 3.32. The van der Waals surface area contributed by atoms with Crippen LogP contribution in [0, 0.1) is 11.6 Å². The van der Waals surface area contributed by atoms with E-state index in [-0.39, 0.29) is 0 Å². The summed E-state index contributed by atoms with van der Waals surface area (Å²) in [7, 11) is 0. The number of nitrogens with zero attached hydrogens (tertiary/aromatic N) is 1. The van der Waals surface area contributed by atoms with Crippen LogP contribution in [0.2, 0.25) is 0 Å². The number of rotatable bonds is 0. The average Bonchev–Trinajstić information content (AvgIpc) is 2.29. The Morgan fingerprint density at radius 3 is 3.08 bits per heavy atom. The van der Waals surface area contributed by atoms with Crippen molar-refractivity contribution in [3.63, 3.8) is 0 Å². The van der Waals surface area contributed by atoms with Crippen molar-refractivity contribution < 1.29 is 0 Å². The highest BCUT2D eigenvalue weighted by atomic mass is 79.9. The Bertz CT molecular complexity index is 486. The van der Waals surface area contributed by atoms with E-state index >= 15 is 0 Å². The lowest BCUT2D eigenvalue weighted by molar-refractivity contribution is 1.21. The number of fused-ring (bicyclic) bond motifs is 1. The van der Waals surface area contributed by atoms with Gasteiger partial charge in [-0.05, 0) is 28.4 Å². The van der Waals surface area contributed by atoms with E-state index in [1.165, 1.54) is 5.56 Å². The van der Waals surface area contributed by atoms with Gasteiger partial charge in [-0.15, -0.1) is 11.3 Å². The molecule has 0 saturated heterocycles. The van der Waals surface area contributed by atoms with E-state index in [2.05, 4.69) is 25.9 Å². The summed E-state index contributed by atoms with van der Waals surface area (Å²) in [5, 5.41) is 1.06. The molecule has 2 rings (SSSR count). The standard InChI is InChI=1S/C7H5BrN2S2/c1-3-4-6(11)9-2-10-7(4)12-5(3)8/h2H,1H3,(H,9,10,11). The molecule has 2 nitrogen and oxygen atoms in total. The van der Waals surface area contributed by atoms with Gasteiger partial charge in [-0.1, -0.05) is 12.2 Å². The lowest BCUT2D eigenvalue weighted by Crippen LogP contribution is -1.79. The average molecular weight is 261 g/mol. The second-order valence-electron chi connectivity index (χ2n) is 2.41. The van der Waals surface area contributed by atoms with E-state index in [0.29, 0.717) is 0 Å². The van der Waals surface area contributed by atoms with Crippen LogP contribution in [0.5, 0.6) is 0 Å². The number of halogens is 1. The summed E-state index contributed by atoms with van der Waals surface area (Å²) in [4.78, 5) is 8.10. The van der Waals surface area contributed by atoms with Gasteiger partial charge in [-0.3, -0.25) is 0 Å². The third-order valence-corrected chi connectivity index (χ3v) is 4.07. The second kappa shape index (κ2) is 2.90. The first-order valence-corrected chi connectivity index (χ1v) is 5.34. The van der Waals surface area contributed by atoms with E-state index in [1.807, 2.05) is 6.92 Å². The Balaban J connectivity index is 3.07.